The van der Waals surface area contributed by atoms with Crippen molar-refractivity contribution in [1.82, 2.24) is 9.80 Å². The molecule has 0 bridgehead atoms. The summed E-state index contributed by atoms with van der Waals surface area (Å²) in [5, 5.41) is 9.85. The lowest BCUT2D eigenvalue weighted by molar-refractivity contribution is -0.134. The van der Waals surface area contributed by atoms with E-state index in [1.54, 1.807) is 0 Å². The fourth-order valence-corrected chi connectivity index (χ4v) is 2.63. The zero-order chi connectivity index (χ0) is 12.3. The fourth-order valence-electron chi connectivity index (χ4n) is 2.63. The van der Waals surface area contributed by atoms with Crippen LogP contribution in [0.15, 0.2) is 0 Å². The van der Waals surface area contributed by atoms with Gasteiger partial charge in [-0.15, -0.1) is 0 Å². The summed E-state index contributed by atoms with van der Waals surface area (Å²) >= 11 is 0. The van der Waals surface area contributed by atoms with Crippen LogP contribution in [-0.4, -0.2) is 59.1 Å². The van der Waals surface area contributed by atoms with Crippen LogP contribution in [0.5, 0.6) is 0 Å². The molecule has 2 rings (SSSR count). The average molecular weight is 240 g/mol. The average Bonchev–Trinajstić information content (AvgIpc) is 2.33. The highest BCUT2D eigenvalue weighted by Gasteiger charge is 2.29. The molecule has 98 valence electrons. The first-order chi connectivity index (χ1) is 8.07. The molecule has 0 aromatic heterocycles. The summed E-state index contributed by atoms with van der Waals surface area (Å²) in [5.74, 6) is 0.270. The Bertz CT molecular complexity index is 263. The number of carbonyl (C=O) groups is 1. The molecule has 0 atom stereocenters. The maximum absolute atomic E-state index is 12.0. The van der Waals surface area contributed by atoms with Gasteiger partial charge in [-0.1, -0.05) is 0 Å². The maximum atomic E-state index is 12.0. The monoisotopic (exact) mass is 240 g/mol. The zero-order valence-corrected chi connectivity index (χ0v) is 10.8. The molecule has 4 nitrogen and oxygen atoms in total. The molecule has 2 aliphatic rings. The van der Waals surface area contributed by atoms with E-state index in [-0.39, 0.29) is 5.91 Å². The summed E-state index contributed by atoms with van der Waals surface area (Å²) in [4.78, 5) is 16.2. The van der Waals surface area contributed by atoms with E-state index >= 15 is 0 Å². The van der Waals surface area contributed by atoms with Crippen LogP contribution in [0.2, 0.25) is 0 Å². The fraction of sp³-hybridized carbons (Fsp3) is 0.923. The smallest absolute Gasteiger partial charge is 0.236 e. The highest BCUT2D eigenvalue weighted by Crippen LogP contribution is 2.21. The summed E-state index contributed by atoms with van der Waals surface area (Å²) in [5.41, 5.74) is -0.523. The van der Waals surface area contributed by atoms with E-state index in [1.165, 1.54) is 6.42 Å². The van der Waals surface area contributed by atoms with Crippen molar-refractivity contribution in [2.24, 2.45) is 0 Å². The van der Waals surface area contributed by atoms with Gasteiger partial charge in [0.05, 0.1) is 12.1 Å². The number of likely N-dealkylation sites (tertiary alicyclic amines) is 2. The van der Waals surface area contributed by atoms with Gasteiger partial charge in [-0.25, -0.2) is 0 Å². The van der Waals surface area contributed by atoms with Crippen molar-refractivity contribution in [3.63, 3.8) is 0 Å². The molecule has 2 fully saturated rings. The van der Waals surface area contributed by atoms with E-state index in [9.17, 15) is 9.90 Å². The third-order valence-electron chi connectivity index (χ3n) is 4.00. The lowest BCUT2D eigenvalue weighted by Crippen LogP contribution is -2.48. The molecule has 1 amide bonds. The molecule has 0 aromatic rings. The predicted molar refractivity (Wildman–Crippen MR) is 66.7 cm³/mol. The van der Waals surface area contributed by atoms with Crippen molar-refractivity contribution in [3.05, 3.63) is 0 Å². The Morgan fingerprint density at radius 2 is 1.71 bits per heavy atom. The first-order valence-corrected chi connectivity index (χ1v) is 6.79. The second-order valence-corrected chi connectivity index (χ2v) is 5.71. The first kappa shape index (κ1) is 12.8. The number of amides is 1. The van der Waals surface area contributed by atoms with Crippen LogP contribution in [-0.2, 0) is 4.79 Å². The number of rotatable bonds is 2. The number of carbonyl (C=O) groups excluding carboxylic acids is 1. The Kier molecular flexibility index (Phi) is 4.05. The van der Waals surface area contributed by atoms with Crippen LogP contribution in [0.3, 0.4) is 0 Å². The molecule has 0 spiro atoms. The Labute approximate surface area is 104 Å². The van der Waals surface area contributed by atoms with E-state index in [1.807, 2.05) is 11.8 Å². The van der Waals surface area contributed by atoms with Crippen LogP contribution in [0.1, 0.15) is 39.0 Å². The van der Waals surface area contributed by atoms with Gasteiger partial charge in [0.2, 0.25) is 5.91 Å². The van der Waals surface area contributed by atoms with Gasteiger partial charge in [0.15, 0.2) is 0 Å². The molecule has 2 heterocycles. The number of hydrogen-bond donors (Lipinski definition) is 1. The largest absolute Gasteiger partial charge is 0.390 e. The van der Waals surface area contributed by atoms with Crippen LogP contribution in [0.4, 0.5) is 0 Å². The molecule has 0 aromatic carbocycles. The topological polar surface area (TPSA) is 43.8 Å². The summed E-state index contributed by atoms with van der Waals surface area (Å²) in [6.45, 7) is 5.97. The van der Waals surface area contributed by atoms with Gasteiger partial charge in [-0.3, -0.25) is 9.69 Å². The summed E-state index contributed by atoms with van der Waals surface area (Å²) in [6.07, 6.45) is 5.12. The Morgan fingerprint density at radius 1 is 1.12 bits per heavy atom. The molecule has 4 heteroatoms. The lowest BCUT2D eigenvalue weighted by Gasteiger charge is -2.36. The minimum absolute atomic E-state index is 0.270. The lowest BCUT2D eigenvalue weighted by atomic mass is 9.94. The molecule has 1 N–H and O–H groups in total. The summed E-state index contributed by atoms with van der Waals surface area (Å²) in [7, 11) is 0. The SMILES string of the molecule is CC1(O)CCN(CC(=O)N2CCCCC2)CC1. The van der Waals surface area contributed by atoms with Gasteiger partial charge in [-0.2, -0.15) is 0 Å². The Hall–Kier alpha value is -0.610. The zero-order valence-electron chi connectivity index (χ0n) is 10.8. The van der Waals surface area contributed by atoms with Gasteiger partial charge in [0.1, 0.15) is 0 Å². The highest BCUT2D eigenvalue weighted by molar-refractivity contribution is 5.78. The van der Waals surface area contributed by atoms with E-state index in [4.69, 9.17) is 0 Å². The van der Waals surface area contributed by atoms with Crippen molar-refractivity contribution >= 4 is 5.91 Å². The van der Waals surface area contributed by atoms with Gasteiger partial charge in [-0.05, 0) is 39.0 Å². The molecular weight excluding hydrogens is 216 g/mol. The third-order valence-corrected chi connectivity index (χ3v) is 4.00. The van der Waals surface area contributed by atoms with Crippen molar-refractivity contribution in [3.8, 4) is 0 Å². The standard InChI is InChI=1S/C13H24N2O2/c1-13(17)5-9-14(10-6-13)11-12(16)15-7-3-2-4-8-15/h17H,2-11H2,1H3. The molecule has 0 aliphatic carbocycles. The minimum atomic E-state index is -0.523. The van der Waals surface area contributed by atoms with E-state index in [2.05, 4.69) is 4.90 Å². The van der Waals surface area contributed by atoms with Gasteiger partial charge >= 0.3 is 0 Å². The number of piperidine rings is 2. The normalized spacial score (nSPS) is 25.9. The summed E-state index contributed by atoms with van der Waals surface area (Å²) in [6, 6.07) is 0. The van der Waals surface area contributed by atoms with Gasteiger partial charge in [0.25, 0.3) is 0 Å². The van der Waals surface area contributed by atoms with Gasteiger partial charge in [0, 0.05) is 26.2 Å². The van der Waals surface area contributed by atoms with Crippen LogP contribution in [0, 0.1) is 0 Å². The molecular formula is C13H24N2O2. The Morgan fingerprint density at radius 3 is 2.29 bits per heavy atom. The first-order valence-electron chi connectivity index (χ1n) is 6.79. The third kappa shape index (κ3) is 3.68. The molecule has 0 unspecified atom stereocenters. The maximum Gasteiger partial charge on any atom is 0.236 e. The Balaban J connectivity index is 1.75. The predicted octanol–water partition coefficient (Wildman–Crippen LogP) is 0.846. The number of nitrogens with zero attached hydrogens (tertiary/aromatic N) is 2. The van der Waals surface area contributed by atoms with Crippen molar-refractivity contribution in [1.29, 1.82) is 0 Å². The summed E-state index contributed by atoms with van der Waals surface area (Å²) < 4.78 is 0. The van der Waals surface area contributed by atoms with E-state index in [0.717, 1.165) is 51.9 Å². The van der Waals surface area contributed by atoms with Crippen molar-refractivity contribution < 1.29 is 9.90 Å². The second-order valence-electron chi connectivity index (χ2n) is 5.71. The second kappa shape index (κ2) is 5.36. The highest BCUT2D eigenvalue weighted by atomic mass is 16.3. The van der Waals surface area contributed by atoms with E-state index < -0.39 is 5.60 Å². The molecule has 0 saturated carbocycles. The van der Waals surface area contributed by atoms with Gasteiger partial charge < -0.3 is 10.0 Å². The van der Waals surface area contributed by atoms with Crippen molar-refractivity contribution in [2.75, 3.05) is 32.7 Å². The minimum Gasteiger partial charge on any atom is -0.390 e. The van der Waals surface area contributed by atoms with Crippen LogP contribution in [0.25, 0.3) is 0 Å². The molecule has 2 aliphatic heterocycles. The van der Waals surface area contributed by atoms with Crippen molar-refractivity contribution in [2.45, 2.75) is 44.6 Å². The van der Waals surface area contributed by atoms with Crippen LogP contribution >= 0.6 is 0 Å². The van der Waals surface area contributed by atoms with E-state index in [0.29, 0.717) is 6.54 Å². The molecule has 2 saturated heterocycles. The number of aliphatic hydroxyl groups is 1. The number of hydrogen-bond acceptors (Lipinski definition) is 3. The molecule has 17 heavy (non-hydrogen) atoms. The van der Waals surface area contributed by atoms with Crippen LogP contribution < -0.4 is 0 Å². The molecule has 0 radical (unpaired) electrons. The quantitative estimate of drug-likeness (QED) is 0.778.